The van der Waals surface area contributed by atoms with Crippen molar-refractivity contribution in [3.05, 3.63) is 46.2 Å². The molecule has 0 radical (unpaired) electrons. The number of methoxy groups -OCH3 is 2. The van der Waals surface area contributed by atoms with Crippen LogP contribution in [0.5, 0.6) is 11.5 Å². The molecule has 5 heteroatoms. The Morgan fingerprint density at radius 2 is 1.83 bits per heavy atom. The van der Waals surface area contributed by atoms with Crippen molar-refractivity contribution in [3.63, 3.8) is 0 Å². The largest absolute Gasteiger partial charge is 0.496 e. The molecule has 1 aromatic carbocycles. The smallest absolute Gasteiger partial charge is 0.265 e. The third kappa shape index (κ3) is 3.13. The second-order valence-corrected chi connectivity index (χ2v) is 7.10. The Hall–Kier alpha value is -2.01. The molecule has 128 valence electrons. The number of amides is 1. The summed E-state index contributed by atoms with van der Waals surface area (Å²) in [5.74, 6) is 1.47. The van der Waals surface area contributed by atoms with E-state index < -0.39 is 0 Å². The molecule has 24 heavy (non-hydrogen) atoms. The van der Waals surface area contributed by atoms with E-state index in [1.165, 1.54) is 29.7 Å². The van der Waals surface area contributed by atoms with Gasteiger partial charge in [-0.25, -0.2) is 0 Å². The standard InChI is InChI=1S/C19H23NO3S/c1-22-15-8-4-3-7-14(15)19(10-5-6-11-19)13-20-18(21)17-16(23-2)9-12-24-17/h3-4,7-9,12H,5-6,10-11,13H2,1-2H3,(H,20,21). The van der Waals surface area contributed by atoms with Crippen molar-refractivity contribution in [1.29, 1.82) is 0 Å². The predicted octanol–water partition coefficient (Wildman–Crippen LogP) is 4.01. The number of nitrogens with one attached hydrogen (secondary N) is 1. The average Bonchev–Trinajstić information content (AvgIpc) is 3.29. The molecule has 0 spiro atoms. The molecular weight excluding hydrogens is 322 g/mol. The fourth-order valence-electron chi connectivity index (χ4n) is 3.63. The van der Waals surface area contributed by atoms with Gasteiger partial charge in [0.25, 0.3) is 5.91 Å². The minimum atomic E-state index is -0.0666. The molecule has 0 unspecified atom stereocenters. The molecule has 1 amide bonds. The zero-order valence-electron chi connectivity index (χ0n) is 14.1. The van der Waals surface area contributed by atoms with Gasteiger partial charge in [0.2, 0.25) is 0 Å². The Bertz CT molecular complexity index is 704. The molecule has 4 nitrogen and oxygen atoms in total. The highest BCUT2D eigenvalue weighted by Crippen LogP contribution is 2.44. The average molecular weight is 345 g/mol. The van der Waals surface area contributed by atoms with Crippen LogP contribution in [0.4, 0.5) is 0 Å². The summed E-state index contributed by atoms with van der Waals surface area (Å²) in [6.45, 7) is 0.618. The zero-order chi connectivity index (χ0) is 17.0. The van der Waals surface area contributed by atoms with Crippen LogP contribution in [0.3, 0.4) is 0 Å². The molecule has 0 atom stereocenters. The minimum Gasteiger partial charge on any atom is -0.496 e. The Labute approximate surface area is 146 Å². The molecule has 3 rings (SSSR count). The summed E-state index contributed by atoms with van der Waals surface area (Å²) in [4.78, 5) is 13.2. The maximum Gasteiger partial charge on any atom is 0.265 e. The summed E-state index contributed by atoms with van der Waals surface area (Å²) in [7, 11) is 3.29. The number of rotatable bonds is 6. The van der Waals surface area contributed by atoms with Crippen LogP contribution < -0.4 is 14.8 Å². The molecule has 1 heterocycles. The van der Waals surface area contributed by atoms with Crippen LogP contribution in [0.2, 0.25) is 0 Å². The fourth-order valence-corrected chi connectivity index (χ4v) is 4.40. The van der Waals surface area contributed by atoms with Gasteiger partial charge in [-0.2, -0.15) is 0 Å². The SMILES string of the molecule is COc1ccccc1C1(CNC(=O)c2sccc2OC)CCCC1. The minimum absolute atomic E-state index is 0.0489. The van der Waals surface area contributed by atoms with E-state index >= 15 is 0 Å². The molecule has 0 saturated heterocycles. The van der Waals surface area contributed by atoms with Crippen LogP contribution in [0.25, 0.3) is 0 Å². The number of ether oxygens (including phenoxy) is 2. The van der Waals surface area contributed by atoms with Gasteiger partial charge >= 0.3 is 0 Å². The van der Waals surface area contributed by atoms with Gasteiger partial charge in [-0.1, -0.05) is 31.0 Å². The molecule has 1 saturated carbocycles. The third-order valence-electron chi connectivity index (χ3n) is 4.88. The lowest BCUT2D eigenvalue weighted by atomic mass is 9.78. The molecule has 0 aliphatic heterocycles. The van der Waals surface area contributed by atoms with E-state index in [4.69, 9.17) is 9.47 Å². The third-order valence-corrected chi connectivity index (χ3v) is 5.78. The first kappa shape index (κ1) is 16.8. The van der Waals surface area contributed by atoms with Crippen molar-refractivity contribution < 1.29 is 14.3 Å². The first-order valence-corrected chi connectivity index (χ1v) is 9.11. The molecule has 2 aromatic rings. The van der Waals surface area contributed by atoms with Gasteiger partial charge in [-0.15, -0.1) is 11.3 Å². The van der Waals surface area contributed by atoms with Gasteiger partial charge in [0.05, 0.1) is 14.2 Å². The summed E-state index contributed by atoms with van der Waals surface area (Å²) in [6, 6.07) is 9.98. The first-order valence-electron chi connectivity index (χ1n) is 8.23. The van der Waals surface area contributed by atoms with Crippen molar-refractivity contribution >= 4 is 17.2 Å². The van der Waals surface area contributed by atoms with Crippen LogP contribution in [0, 0.1) is 0 Å². The molecular formula is C19H23NO3S. The van der Waals surface area contributed by atoms with E-state index in [-0.39, 0.29) is 11.3 Å². The Morgan fingerprint density at radius 3 is 2.54 bits per heavy atom. The fraction of sp³-hybridized carbons (Fsp3) is 0.421. The summed E-state index contributed by atoms with van der Waals surface area (Å²) < 4.78 is 10.8. The number of carbonyl (C=O) groups is 1. The van der Waals surface area contributed by atoms with Crippen LogP contribution in [-0.2, 0) is 5.41 Å². The molecule has 1 fully saturated rings. The number of hydrogen-bond donors (Lipinski definition) is 1. The van der Waals surface area contributed by atoms with Gasteiger partial charge in [0.1, 0.15) is 16.4 Å². The van der Waals surface area contributed by atoms with E-state index in [1.807, 2.05) is 29.6 Å². The number of hydrogen-bond acceptors (Lipinski definition) is 4. The van der Waals surface area contributed by atoms with E-state index in [0.717, 1.165) is 18.6 Å². The molecule has 1 aliphatic carbocycles. The van der Waals surface area contributed by atoms with Gasteiger partial charge < -0.3 is 14.8 Å². The lowest BCUT2D eigenvalue weighted by molar-refractivity contribution is 0.0944. The van der Waals surface area contributed by atoms with Crippen molar-refractivity contribution in [2.45, 2.75) is 31.1 Å². The first-order chi connectivity index (χ1) is 11.7. The highest BCUT2D eigenvalue weighted by molar-refractivity contribution is 7.12. The van der Waals surface area contributed by atoms with Crippen LogP contribution in [0.1, 0.15) is 40.9 Å². The van der Waals surface area contributed by atoms with Crippen molar-refractivity contribution in [2.75, 3.05) is 20.8 Å². The van der Waals surface area contributed by atoms with Gasteiger partial charge in [0.15, 0.2) is 0 Å². The van der Waals surface area contributed by atoms with Gasteiger partial charge in [-0.3, -0.25) is 4.79 Å². The summed E-state index contributed by atoms with van der Waals surface area (Å²) in [5.41, 5.74) is 1.15. The highest BCUT2D eigenvalue weighted by atomic mass is 32.1. The summed E-state index contributed by atoms with van der Waals surface area (Å²) in [5, 5.41) is 5.00. The molecule has 1 aliphatic rings. The van der Waals surface area contributed by atoms with E-state index in [1.54, 1.807) is 14.2 Å². The normalized spacial score (nSPS) is 15.9. The van der Waals surface area contributed by atoms with Crippen molar-refractivity contribution in [1.82, 2.24) is 5.32 Å². The number of benzene rings is 1. The maximum atomic E-state index is 12.6. The van der Waals surface area contributed by atoms with Gasteiger partial charge in [0, 0.05) is 17.5 Å². The summed E-state index contributed by atoms with van der Waals surface area (Å²) >= 11 is 1.41. The lowest BCUT2D eigenvalue weighted by Crippen LogP contribution is -2.39. The van der Waals surface area contributed by atoms with E-state index in [0.29, 0.717) is 17.2 Å². The Morgan fingerprint density at radius 1 is 1.12 bits per heavy atom. The summed E-state index contributed by atoms with van der Waals surface area (Å²) in [6.07, 6.45) is 4.48. The van der Waals surface area contributed by atoms with E-state index in [2.05, 4.69) is 11.4 Å². The predicted molar refractivity (Wildman–Crippen MR) is 96.3 cm³/mol. The van der Waals surface area contributed by atoms with Crippen LogP contribution in [-0.4, -0.2) is 26.7 Å². The molecule has 0 bridgehead atoms. The van der Waals surface area contributed by atoms with Crippen molar-refractivity contribution in [3.8, 4) is 11.5 Å². The van der Waals surface area contributed by atoms with E-state index in [9.17, 15) is 4.79 Å². The Balaban J connectivity index is 1.81. The second-order valence-electron chi connectivity index (χ2n) is 6.19. The number of carbonyl (C=O) groups excluding carboxylic acids is 1. The van der Waals surface area contributed by atoms with Crippen LogP contribution >= 0.6 is 11.3 Å². The molecule has 1 N–H and O–H groups in total. The van der Waals surface area contributed by atoms with Gasteiger partial charge in [-0.05, 0) is 30.4 Å². The van der Waals surface area contributed by atoms with Crippen molar-refractivity contribution in [2.24, 2.45) is 0 Å². The number of thiophene rings is 1. The lowest BCUT2D eigenvalue weighted by Gasteiger charge is -2.31. The monoisotopic (exact) mass is 345 g/mol. The molecule has 1 aromatic heterocycles. The maximum absolute atomic E-state index is 12.6. The second kappa shape index (κ2) is 7.26. The zero-order valence-corrected chi connectivity index (χ0v) is 14.9. The van der Waals surface area contributed by atoms with Crippen LogP contribution in [0.15, 0.2) is 35.7 Å². The topological polar surface area (TPSA) is 47.6 Å². The Kier molecular flexibility index (Phi) is 5.09. The number of para-hydroxylation sites is 1. The quantitative estimate of drug-likeness (QED) is 0.860. The highest BCUT2D eigenvalue weighted by Gasteiger charge is 2.38.